The molecule has 168 valence electrons. The zero-order valence-electron chi connectivity index (χ0n) is 19.1. The molecule has 0 N–H and O–H groups in total. The number of carbonyl (C=O) groups excluding carboxylic acids is 3. The second-order valence-corrected chi connectivity index (χ2v) is 9.05. The van der Waals surface area contributed by atoms with Gasteiger partial charge in [-0.15, -0.1) is 0 Å². The highest BCUT2D eigenvalue weighted by Crippen LogP contribution is 2.23. The van der Waals surface area contributed by atoms with Crippen molar-refractivity contribution in [3.63, 3.8) is 0 Å². The van der Waals surface area contributed by atoms with Gasteiger partial charge in [-0.3, -0.25) is 4.98 Å². The van der Waals surface area contributed by atoms with E-state index in [9.17, 15) is 14.4 Å². The van der Waals surface area contributed by atoms with Gasteiger partial charge in [-0.2, -0.15) is 4.90 Å². The van der Waals surface area contributed by atoms with Crippen molar-refractivity contribution in [1.29, 1.82) is 0 Å². The smallest absolute Gasteiger partial charge is 0.420 e. The van der Waals surface area contributed by atoms with Crippen LogP contribution in [0.25, 0.3) is 10.8 Å². The van der Waals surface area contributed by atoms with E-state index in [1.165, 1.54) is 7.11 Å². The Bertz CT molecular complexity index is 925. The quantitative estimate of drug-likeness (QED) is 0.521. The molecule has 8 nitrogen and oxygen atoms in total. The summed E-state index contributed by atoms with van der Waals surface area (Å²) in [6, 6.07) is 8.02. The van der Waals surface area contributed by atoms with Crippen molar-refractivity contribution < 1.29 is 28.6 Å². The third kappa shape index (κ3) is 6.67. The highest BCUT2D eigenvalue weighted by molar-refractivity contribution is 5.94. The van der Waals surface area contributed by atoms with E-state index < -0.39 is 35.4 Å². The molecule has 1 aromatic carbocycles. The summed E-state index contributed by atoms with van der Waals surface area (Å²) in [5.74, 6) is -0.786. The van der Waals surface area contributed by atoms with Gasteiger partial charge < -0.3 is 14.2 Å². The minimum atomic E-state index is -1.33. The van der Waals surface area contributed by atoms with E-state index >= 15 is 0 Å². The molecule has 0 radical (unpaired) electrons. The number of aromatic nitrogens is 1. The molecule has 0 fully saturated rings. The second kappa shape index (κ2) is 9.32. The van der Waals surface area contributed by atoms with Gasteiger partial charge in [-0.1, -0.05) is 24.3 Å². The Morgan fingerprint density at radius 2 is 1.48 bits per heavy atom. The Kier molecular flexibility index (Phi) is 7.25. The third-order valence-electron chi connectivity index (χ3n) is 4.11. The van der Waals surface area contributed by atoms with Crippen molar-refractivity contribution in [2.24, 2.45) is 0 Å². The number of benzene rings is 1. The molecule has 2 rings (SSSR count). The van der Waals surface area contributed by atoms with Crippen LogP contribution in [0.15, 0.2) is 36.5 Å². The number of pyridine rings is 1. The van der Waals surface area contributed by atoms with Gasteiger partial charge >= 0.3 is 18.2 Å². The summed E-state index contributed by atoms with van der Waals surface area (Å²) >= 11 is 0. The lowest BCUT2D eigenvalue weighted by Crippen LogP contribution is -2.53. The molecule has 0 aliphatic heterocycles. The highest BCUT2D eigenvalue weighted by Gasteiger charge is 2.41. The lowest BCUT2D eigenvalue weighted by molar-refractivity contribution is -0.146. The minimum Gasteiger partial charge on any atom is -0.467 e. The Hall–Kier alpha value is -3.16. The maximum absolute atomic E-state index is 13.0. The molecule has 31 heavy (non-hydrogen) atoms. The molecular weight excluding hydrogens is 400 g/mol. The van der Waals surface area contributed by atoms with Gasteiger partial charge in [0.2, 0.25) is 0 Å². The Morgan fingerprint density at radius 3 is 2.00 bits per heavy atom. The number of ether oxygens (including phenoxy) is 3. The Balaban J connectivity index is 2.52. The summed E-state index contributed by atoms with van der Waals surface area (Å²) in [6.07, 6.45) is -0.459. The molecule has 1 unspecified atom stereocenters. The number of fused-ring (bicyclic) bond motifs is 1. The fourth-order valence-corrected chi connectivity index (χ4v) is 2.90. The van der Waals surface area contributed by atoms with Crippen LogP contribution in [0.1, 0.15) is 47.2 Å². The lowest BCUT2D eigenvalue weighted by Gasteiger charge is -2.32. The standard InChI is InChI=1S/C23H30N2O6/c1-22(2,3)30-20(27)25(21(28)31-23(4,5)6)18(19(26)29-7)14-17-16-11-9-8-10-15(16)12-13-24-17/h8-13,18H,14H2,1-7H3. The highest BCUT2D eigenvalue weighted by atomic mass is 16.6. The van der Waals surface area contributed by atoms with Crippen LogP contribution in [0.4, 0.5) is 9.59 Å². The van der Waals surface area contributed by atoms with Crippen LogP contribution in [-0.4, -0.2) is 52.4 Å². The molecule has 2 amide bonds. The summed E-state index contributed by atoms with van der Waals surface area (Å²) < 4.78 is 15.7. The monoisotopic (exact) mass is 430 g/mol. The van der Waals surface area contributed by atoms with Gasteiger partial charge in [0, 0.05) is 18.0 Å². The summed E-state index contributed by atoms with van der Waals surface area (Å²) in [6.45, 7) is 9.99. The molecule has 2 aromatic rings. The van der Waals surface area contributed by atoms with Gasteiger partial charge in [0.05, 0.1) is 12.8 Å². The summed E-state index contributed by atoms with van der Waals surface area (Å²) in [5, 5.41) is 1.71. The first kappa shape index (κ1) is 24.1. The number of imide groups is 1. The normalized spacial score (nSPS) is 12.7. The van der Waals surface area contributed by atoms with E-state index in [0.717, 1.165) is 10.8 Å². The molecular formula is C23H30N2O6. The van der Waals surface area contributed by atoms with Crippen molar-refractivity contribution in [3.8, 4) is 0 Å². The van der Waals surface area contributed by atoms with Gasteiger partial charge in [0.1, 0.15) is 17.2 Å². The third-order valence-corrected chi connectivity index (χ3v) is 4.11. The Labute approximate surface area is 182 Å². The van der Waals surface area contributed by atoms with E-state index in [4.69, 9.17) is 14.2 Å². The number of hydrogen-bond donors (Lipinski definition) is 0. The molecule has 0 aliphatic rings. The first-order valence-corrected chi connectivity index (χ1v) is 9.98. The van der Waals surface area contributed by atoms with Crippen LogP contribution in [0, 0.1) is 0 Å². The van der Waals surface area contributed by atoms with Gasteiger partial charge in [-0.25, -0.2) is 14.4 Å². The average molecular weight is 431 g/mol. The van der Waals surface area contributed by atoms with Crippen LogP contribution in [0.5, 0.6) is 0 Å². The minimum absolute atomic E-state index is 0.0630. The first-order chi connectivity index (χ1) is 14.3. The van der Waals surface area contributed by atoms with Crippen LogP contribution >= 0.6 is 0 Å². The number of hydrogen-bond acceptors (Lipinski definition) is 7. The Morgan fingerprint density at radius 1 is 0.935 bits per heavy atom. The first-order valence-electron chi connectivity index (χ1n) is 9.98. The number of methoxy groups -OCH3 is 1. The summed E-state index contributed by atoms with van der Waals surface area (Å²) in [7, 11) is 1.19. The van der Waals surface area contributed by atoms with Crippen LogP contribution in [0.2, 0.25) is 0 Å². The second-order valence-electron chi connectivity index (χ2n) is 9.05. The van der Waals surface area contributed by atoms with Gasteiger partial charge in [0.15, 0.2) is 0 Å². The molecule has 0 spiro atoms. The van der Waals surface area contributed by atoms with E-state index in [1.54, 1.807) is 47.7 Å². The molecule has 0 saturated heterocycles. The number of esters is 1. The van der Waals surface area contributed by atoms with E-state index in [1.807, 2.05) is 30.3 Å². The molecule has 1 aromatic heterocycles. The summed E-state index contributed by atoms with van der Waals surface area (Å²) in [4.78, 5) is 43.7. The van der Waals surface area contributed by atoms with Crippen LogP contribution < -0.4 is 0 Å². The lowest BCUT2D eigenvalue weighted by atomic mass is 10.0. The van der Waals surface area contributed by atoms with Crippen molar-refractivity contribution in [2.45, 2.75) is 65.2 Å². The van der Waals surface area contributed by atoms with E-state index in [0.29, 0.717) is 10.6 Å². The van der Waals surface area contributed by atoms with Crippen LogP contribution in [0.3, 0.4) is 0 Å². The maximum atomic E-state index is 13.0. The largest absolute Gasteiger partial charge is 0.467 e. The SMILES string of the molecule is COC(=O)C(Cc1nccc2ccccc12)N(C(=O)OC(C)(C)C)C(=O)OC(C)(C)C. The van der Waals surface area contributed by atoms with Crippen molar-refractivity contribution >= 4 is 28.9 Å². The number of nitrogens with zero attached hydrogens (tertiary/aromatic N) is 2. The molecule has 0 bridgehead atoms. The van der Waals surface area contributed by atoms with Gasteiger partial charge in [0.25, 0.3) is 0 Å². The maximum Gasteiger partial charge on any atom is 0.420 e. The number of amides is 2. The van der Waals surface area contributed by atoms with Gasteiger partial charge in [-0.05, 0) is 53.0 Å². The molecule has 0 saturated carbocycles. The zero-order valence-corrected chi connectivity index (χ0v) is 19.1. The predicted octanol–water partition coefficient (Wildman–Crippen LogP) is 4.49. The molecule has 0 aliphatic carbocycles. The van der Waals surface area contributed by atoms with Crippen LogP contribution in [-0.2, 0) is 25.4 Å². The summed E-state index contributed by atoms with van der Waals surface area (Å²) in [5.41, 5.74) is -1.25. The average Bonchev–Trinajstić information content (AvgIpc) is 2.64. The molecule has 1 heterocycles. The van der Waals surface area contributed by atoms with E-state index in [2.05, 4.69) is 4.98 Å². The zero-order chi connectivity index (χ0) is 23.4. The molecule has 1 atom stereocenters. The topological polar surface area (TPSA) is 95.0 Å². The van der Waals surface area contributed by atoms with E-state index in [-0.39, 0.29) is 6.42 Å². The molecule has 8 heteroatoms. The predicted molar refractivity (Wildman–Crippen MR) is 116 cm³/mol. The fraction of sp³-hybridized carbons (Fsp3) is 0.478. The van der Waals surface area contributed by atoms with Crippen molar-refractivity contribution in [2.75, 3.05) is 7.11 Å². The number of rotatable bonds is 4. The number of carbonyl (C=O) groups is 3. The fourth-order valence-electron chi connectivity index (χ4n) is 2.90. The van der Waals surface area contributed by atoms with Crippen molar-refractivity contribution in [1.82, 2.24) is 9.88 Å². The van der Waals surface area contributed by atoms with Crippen molar-refractivity contribution in [3.05, 3.63) is 42.2 Å².